The predicted octanol–water partition coefficient (Wildman–Crippen LogP) is 3.32. The maximum atomic E-state index is 12.7. The molecule has 1 amide bonds. The predicted molar refractivity (Wildman–Crippen MR) is 109 cm³/mol. The molecule has 0 unspecified atom stereocenters. The van der Waals surface area contributed by atoms with Crippen LogP contribution in [0.3, 0.4) is 0 Å². The van der Waals surface area contributed by atoms with E-state index in [1.165, 1.54) is 0 Å². The monoisotopic (exact) mass is 384 g/mol. The van der Waals surface area contributed by atoms with Gasteiger partial charge in [-0.15, -0.1) is 0 Å². The number of fused-ring (bicyclic) bond motifs is 2. The van der Waals surface area contributed by atoms with E-state index in [0.717, 1.165) is 40.4 Å². The summed E-state index contributed by atoms with van der Waals surface area (Å²) in [5, 5.41) is 13.7. The first-order valence-electron chi connectivity index (χ1n) is 9.74. The summed E-state index contributed by atoms with van der Waals surface area (Å²) in [4.78, 5) is 25.7. The van der Waals surface area contributed by atoms with Crippen molar-refractivity contribution in [2.45, 2.75) is 19.8 Å². The topological polar surface area (TPSA) is 118 Å². The van der Waals surface area contributed by atoms with Crippen LogP contribution in [0.15, 0.2) is 36.8 Å². The number of anilines is 2. The molecule has 7 nitrogen and oxygen atoms in total. The minimum atomic E-state index is -0.0676. The maximum absolute atomic E-state index is 12.7. The highest BCUT2D eigenvalue weighted by Gasteiger charge is 2.61. The number of rotatable bonds is 3. The summed E-state index contributed by atoms with van der Waals surface area (Å²) in [6.07, 6.45) is 7.02. The Hall–Kier alpha value is -3.53. The molecule has 3 aromatic heterocycles. The van der Waals surface area contributed by atoms with Crippen molar-refractivity contribution in [3.63, 3.8) is 0 Å². The minimum absolute atomic E-state index is 0.0106. The summed E-state index contributed by atoms with van der Waals surface area (Å²) in [7, 11) is 0. The summed E-state index contributed by atoms with van der Waals surface area (Å²) in [6.45, 7) is 2.00. The summed E-state index contributed by atoms with van der Waals surface area (Å²) < 4.78 is 0. The van der Waals surface area contributed by atoms with E-state index >= 15 is 0 Å². The smallest absolute Gasteiger partial charge is 0.229 e. The van der Waals surface area contributed by atoms with Gasteiger partial charge < -0.3 is 11.1 Å². The molecule has 0 bridgehead atoms. The van der Waals surface area contributed by atoms with E-state index in [9.17, 15) is 10.1 Å². The lowest BCUT2D eigenvalue weighted by Gasteiger charge is -2.11. The number of nitrogen functional groups attached to an aromatic ring is 1. The van der Waals surface area contributed by atoms with Crippen LogP contribution in [0.2, 0.25) is 0 Å². The van der Waals surface area contributed by atoms with Crippen LogP contribution in [0.5, 0.6) is 0 Å². The number of amides is 1. The number of pyridine rings is 3. The number of hydrogen-bond donors (Lipinski definition) is 2. The van der Waals surface area contributed by atoms with Crippen molar-refractivity contribution in [3.05, 3.63) is 42.4 Å². The van der Waals surface area contributed by atoms with Crippen molar-refractivity contribution in [3.8, 4) is 17.3 Å². The van der Waals surface area contributed by atoms with Crippen LogP contribution in [0.1, 0.15) is 18.4 Å². The zero-order valence-corrected chi connectivity index (χ0v) is 16.0. The number of hydrogen-bond acceptors (Lipinski definition) is 6. The van der Waals surface area contributed by atoms with Crippen LogP contribution < -0.4 is 11.1 Å². The van der Waals surface area contributed by atoms with Gasteiger partial charge in [-0.25, -0.2) is 9.97 Å². The second-order valence-electron chi connectivity index (χ2n) is 7.94. The van der Waals surface area contributed by atoms with E-state index in [1.807, 2.05) is 25.1 Å². The van der Waals surface area contributed by atoms with Crippen molar-refractivity contribution in [1.29, 1.82) is 5.26 Å². The molecule has 0 saturated heterocycles. The Morgan fingerprint density at radius 3 is 2.97 bits per heavy atom. The van der Waals surface area contributed by atoms with Gasteiger partial charge in [0.15, 0.2) is 0 Å². The summed E-state index contributed by atoms with van der Waals surface area (Å²) >= 11 is 0. The lowest BCUT2D eigenvalue weighted by molar-refractivity contribution is -0.118. The van der Waals surface area contributed by atoms with Crippen LogP contribution in [0.4, 0.5) is 11.6 Å². The van der Waals surface area contributed by atoms with Gasteiger partial charge in [0.05, 0.1) is 17.7 Å². The lowest BCUT2D eigenvalue weighted by atomic mass is 10.0. The van der Waals surface area contributed by atoms with Gasteiger partial charge in [-0.1, -0.05) is 0 Å². The van der Waals surface area contributed by atoms with Gasteiger partial charge in [-0.05, 0) is 60.7 Å². The standard InChI is InChI=1S/C22H20N6O/c1-11-4-5-25-9-15(11)17-6-13-7-18(26-10-16(13)21(24)27-17)28-22(29)20-14-3-2-12(8-23)19(14)20/h4-7,9-10,12,14,19-20H,2-3H2,1H3,(H2,24,27)(H,26,28,29)/t12-,14+,19-,20+/m0/s1. The fraction of sp³-hybridized carbons (Fsp3) is 0.318. The second kappa shape index (κ2) is 6.52. The molecule has 3 N–H and O–H groups in total. The Bertz CT molecular complexity index is 1180. The highest BCUT2D eigenvalue weighted by atomic mass is 16.2. The highest BCUT2D eigenvalue weighted by Crippen LogP contribution is 2.60. The van der Waals surface area contributed by atoms with E-state index in [-0.39, 0.29) is 23.7 Å². The van der Waals surface area contributed by atoms with Crippen LogP contribution in [-0.4, -0.2) is 20.9 Å². The van der Waals surface area contributed by atoms with E-state index in [0.29, 0.717) is 17.6 Å². The molecule has 3 aromatic rings. The van der Waals surface area contributed by atoms with Gasteiger partial charge in [-0.3, -0.25) is 9.78 Å². The van der Waals surface area contributed by atoms with Crippen molar-refractivity contribution < 1.29 is 4.79 Å². The Labute approximate surface area is 168 Å². The molecule has 0 spiro atoms. The SMILES string of the molecule is Cc1ccncc1-c1cc2cc(NC(=O)[C@@H]3[C@@H]4CC[C@@H](C#N)[C@@H]43)ncc2c(N)n1. The molecule has 2 fully saturated rings. The molecule has 2 saturated carbocycles. The van der Waals surface area contributed by atoms with Gasteiger partial charge >= 0.3 is 0 Å². The molecular formula is C22H20N6O. The van der Waals surface area contributed by atoms with Crippen molar-refractivity contribution in [2.75, 3.05) is 11.1 Å². The van der Waals surface area contributed by atoms with E-state index in [1.54, 1.807) is 18.6 Å². The summed E-state index contributed by atoms with van der Waals surface area (Å²) in [5.41, 5.74) is 8.86. The first-order valence-corrected chi connectivity index (χ1v) is 9.74. The van der Waals surface area contributed by atoms with Gasteiger partial charge in [0.1, 0.15) is 11.6 Å². The molecule has 0 aromatic carbocycles. The molecule has 29 heavy (non-hydrogen) atoms. The number of nitrogens with two attached hydrogens (primary N) is 1. The quantitative estimate of drug-likeness (QED) is 0.715. The van der Waals surface area contributed by atoms with Crippen molar-refractivity contribution in [2.24, 2.45) is 23.7 Å². The zero-order valence-electron chi connectivity index (χ0n) is 16.0. The maximum Gasteiger partial charge on any atom is 0.229 e. The molecular weight excluding hydrogens is 364 g/mol. The number of nitrogens with zero attached hydrogens (tertiary/aromatic N) is 4. The number of aromatic nitrogens is 3. The van der Waals surface area contributed by atoms with Gasteiger partial charge in [0, 0.05) is 35.5 Å². The fourth-order valence-electron chi connectivity index (χ4n) is 4.73. The number of nitrogens with one attached hydrogen (secondary N) is 1. The van der Waals surface area contributed by atoms with Crippen LogP contribution in [-0.2, 0) is 4.79 Å². The van der Waals surface area contributed by atoms with Gasteiger partial charge in [0.25, 0.3) is 0 Å². The molecule has 2 aliphatic rings. The molecule has 0 aliphatic heterocycles. The molecule has 2 aliphatic carbocycles. The number of nitriles is 1. The third-order valence-electron chi connectivity index (χ3n) is 6.28. The molecule has 5 rings (SSSR count). The Morgan fingerprint density at radius 2 is 2.17 bits per heavy atom. The molecule has 4 atom stereocenters. The lowest BCUT2D eigenvalue weighted by Crippen LogP contribution is -2.19. The number of aryl methyl sites for hydroxylation is 1. The van der Waals surface area contributed by atoms with Crippen molar-refractivity contribution in [1.82, 2.24) is 15.0 Å². The second-order valence-corrected chi connectivity index (χ2v) is 7.94. The molecule has 144 valence electrons. The molecule has 7 heteroatoms. The Morgan fingerprint density at radius 1 is 1.31 bits per heavy atom. The van der Waals surface area contributed by atoms with Crippen LogP contribution in [0.25, 0.3) is 22.0 Å². The first kappa shape index (κ1) is 17.6. The van der Waals surface area contributed by atoms with E-state index < -0.39 is 0 Å². The molecule has 3 heterocycles. The first-order chi connectivity index (χ1) is 14.1. The largest absolute Gasteiger partial charge is 0.383 e. The van der Waals surface area contributed by atoms with E-state index in [4.69, 9.17) is 5.73 Å². The third-order valence-corrected chi connectivity index (χ3v) is 6.28. The zero-order chi connectivity index (χ0) is 20.1. The number of carbonyl (C=O) groups is 1. The van der Waals surface area contributed by atoms with Crippen molar-refractivity contribution >= 4 is 28.3 Å². The number of carbonyl (C=O) groups excluding carboxylic acids is 1. The Balaban J connectivity index is 1.44. The minimum Gasteiger partial charge on any atom is -0.383 e. The summed E-state index contributed by atoms with van der Waals surface area (Å²) in [6, 6.07) is 8.02. The summed E-state index contributed by atoms with van der Waals surface area (Å²) in [5.74, 6) is 1.33. The normalized spacial score (nSPS) is 24.7. The van der Waals surface area contributed by atoms with E-state index in [2.05, 4.69) is 26.3 Å². The van der Waals surface area contributed by atoms with Crippen LogP contribution in [0, 0.1) is 41.9 Å². The fourth-order valence-corrected chi connectivity index (χ4v) is 4.73. The average Bonchev–Trinajstić information content (AvgIpc) is 3.28. The third kappa shape index (κ3) is 2.88. The molecule has 0 radical (unpaired) electrons. The highest BCUT2D eigenvalue weighted by molar-refractivity contribution is 5.98. The van der Waals surface area contributed by atoms with Gasteiger partial charge in [0.2, 0.25) is 5.91 Å². The van der Waals surface area contributed by atoms with Gasteiger partial charge in [-0.2, -0.15) is 5.26 Å². The Kier molecular flexibility index (Phi) is 3.95. The van der Waals surface area contributed by atoms with Crippen LogP contribution >= 0.6 is 0 Å². The average molecular weight is 384 g/mol.